The number of nitrogens with zero attached hydrogens (tertiary/aromatic N) is 1. The van der Waals surface area contributed by atoms with Crippen molar-refractivity contribution in [2.45, 2.75) is 75.4 Å². The molecule has 3 N–H and O–H groups in total. The van der Waals surface area contributed by atoms with E-state index in [9.17, 15) is 15.0 Å². The molecule has 4 atom stereocenters. The third-order valence-electron chi connectivity index (χ3n) is 8.07. The number of carbonyl (C=O) groups is 1. The van der Waals surface area contributed by atoms with Crippen LogP contribution in [0, 0.1) is 35.5 Å². The zero-order chi connectivity index (χ0) is 17.4. The van der Waals surface area contributed by atoms with Gasteiger partial charge in [-0.2, -0.15) is 0 Å². The van der Waals surface area contributed by atoms with E-state index in [1.54, 1.807) is 0 Å². The highest BCUT2D eigenvalue weighted by atomic mass is 16.4. The van der Waals surface area contributed by atoms with Crippen LogP contribution in [-0.4, -0.2) is 38.1 Å². The van der Waals surface area contributed by atoms with Crippen LogP contribution in [0.25, 0.3) is 0 Å². The van der Waals surface area contributed by atoms with Crippen molar-refractivity contribution in [2.75, 3.05) is 0 Å². The van der Waals surface area contributed by atoms with Crippen LogP contribution in [0.3, 0.4) is 0 Å². The van der Waals surface area contributed by atoms with E-state index in [0.29, 0.717) is 29.5 Å². The van der Waals surface area contributed by atoms with Crippen LogP contribution in [0.5, 0.6) is 0 Å². The van der Waals surface area contributed by atoms with E-state index in [4.69, 9.17) is 5.21 Å². The Balaban J connectivity index is 0.000000112. The van der Waals surface area contributed by atoms with Crippen LogP contribution in [-0.2, 0) is 4.79 Å². The molecule has 0 aromatic carbocycles. The molecule has 0 spiro atoms. The molecule has 0 amide bonds. The predicted octanol–water partition coefficient (Wildman–Crippen LogP) is 2.51. The molecule has 0 radical (unpaired) electrons. The molecule has 0 aliphatic heterocycles. The topological polar surface area (TPSA) is 90.1 Å². The van der Waals surface area contributed by atoms with Gasteiger partial charge in [-0.3, -0.25) is 4.79 Å². The molecule has 0 aromatic rings. The Morgan fingerprint density at radius 3 is 1.52 bits per heavy atom. The van der Waals surface area contributed by atoms with Gasteiger partial charge in [-0.05, 0) is 76.0 Å². The molecule has 5 nitrogen and oxygen atoms in total. The zero-order valence-electron chi connectivity index (χ0n) is 14.7. The second-order valence-corrected chi connectivity index (χ2v) is 10.1. The van der Waals surface area contributed by atoms with E-state index in [1.165, 1.54) is 0 Å². The van der Waals surface area contributed by atoms with E-state index in [0.717, 1.165) is 69.9 Å². The molecule has 8 bridgehead atoms. The van der Waals surface area contributed by atoms with Crippen LogP contribution in [0.2, 0.25) is 0 Å². The van der Waals surface area contributed by atoms with Crippen molar-refractivity contribution >= 4 is 11.5 Å². The smallest absolute Gasteiger partial charge is 0.139 e. The summed E-state index contributed by atoms with van der Waals surface area (Å²) in [6, 6.07) is 0. The lowest BCUT2D eigenvalue weighted by molar-refractivity contribution is -0.161. The molecule has 0 aromatic heterocycles. The Labute approximate surface area is 148 Å². The molecule has 138 valence electrons. The van der Waals surface area contributed by atoms with E-state index in [1.807, 2.05) is 0 Å². The van der Waals surface area contributed by atoms with Crippen LogP contribution in [0.15, 0.2) is 5.16 Å². The highest BCUT2D eigenvalue weighted by molar-refractivity contribution is 5.90. The van der Waals surface area contributed by atoms with Crippen molar-refractivity contribution in [1.29, 1.82) is 0 Å². The highest BCUT2D eigenvalue weighted by Crippen LogP contribution is 2.55. The molecular weight excluding hydrogens is 318 g/mol. The van der Waals surface area contributed by atoms with Crippen LogP contribution in [0.1, 0.15) is 64.2 Å². The molecule has 8 fully saturated rings. The summed E-state index contributed by atoms with van der Waals surface area (Å²) in [5.74, 6) is 3.00. The van der Waals surface area contributed by atoms with Crippen LogP contribution < -0.4 is 0 Å². The van der Waals surface area contributed by atoms with Crippen LogP contribution >= 0.6 is 0 Å². The first-order valence-electron chi connectivity index (χ1n) is 10.1. The van der Waals surface area contributed by atoms with Gasteiger partial charge in [0.05, 0.1) is 16.9 Å². The largest absolute Gasteiger partial charge is 0.411 e. The standard InChI is InChI=1S/C10H15NO2.C10H14O2/c12-10-3-6-1-7(4-10)9(11-13)8(2-6)5-10;11-9-7-1-6-2-8(9)5-10(12,3-6)4-7/h6-8,12-13H,1-5H2;6-8,12H,1-5H2. The average Bonchev–Trinajstić information content (AvgIpc) is 2.50. The summed E-state index contributed by atoms with van der Waals surface area (Å²) >= 11 is 0. The van der Waals surface area contributed by atoms with E-state index >= 15 is 0 Å². The number of rotatable bonds is 0. The van der Waals surface area contributed by atoms with Crippen molar-refractivity contribution in [3.8, 4) is 0 Å². The molecule has 8 rings (SSSR count). The summed E-state index contributed by atoms with van der Waals surface area (Å²) in [5.41, 5.74) is 0.121. The Bertz CT molecular complexity index is 593. The summed E-state index contributed by atoms with van der Waals surface area (Å²) in [6.07, 6.45) is 9.55. The second-order valence-electron chi connectivity index (χ2n) is 10.1. The van der Waals surface area contributed by atoms with Gasteiger partial charge in [0, 0.05) is 23.7 Å². The molecule has 8 saturated carbocycles. The second kappa shape index (κ2) is 5.29. The highest BCUT2D eigenvalue weighted by Gasteiger charge is 2.55. The zero-order valence-corrected chi connectivity index (χ0v) is 14.7. The van der Waals surface area contributed by atoms with Crippen molar-refractivity contribution in [3.63, 3.8) is 0 Å². The molecular formula is C20H29NO4. The summed E-state index contributed by atoms with van der Waals surface area (Å²) in [6.45, 7) is 0. The summed E-state index contributed by atoms with van der Waals surface area (Å²) in [7, 11) is 0. The Morgan fingerprint density at radius 1 is 0.720 bits per heavy atom. The van der Waals surface area contributed by atoms with Gasteiger partial charge in [0.15, 0.2) is 0 Å². The monoisotopic (exact) mass is 347 g/mol. The molecule has 5 heteroatoms. The Hall–Kier alpha value is -0.940. The van der Waals surface area contributed by atoms with Gasteiger partial charge in [-0.25, -0.2) is 0 Å². The first kappa shape index (κ1) is 16.2. The lowest BCUT2D eigenvalue weighted by atomic mass is 9.53. The van der Waals surface area contributed by atoms with Gasteiger partial charge in [0.25, 0.3) is 0 Å². The molecule has 25 heavy (non-hydrogen) atoms. The lowest BCUT2D eigenvalue weighted by Gasteiger charge is -2.54. The van der Waals surface area contributed by atoms with Gasteiger partial charge >= 0.3 is 0 Å². The minimum absolute atomic E-state index is 0.223. The molecule has 8 aliphatic carbocycles. The van der Waals surface area contributed by atoms with Gasteiger partial charge in [0.2, 0.25) is 0 Å². The number of aliphatic hydroxyl groups is 2. The van der Waals surface area contributed by atoms with Gasteiger partial charge < -0.3 is 15.4 Å². The number of carbonyl (C=O) groups excluding carboxylic acids is 1. The fourth-order valence-corrected chi connectivity index (χ4v) is 7.59. The number of hydrogen-bond acceptors (Lipinski definition) is 5. The Morgan fingerprint density at radius 2 is 1.12 bits per heavy atom. The summed E-state index contributed by atoms with van der Waals surface area (Å²) in [5, 5.41) is 32.6. The first-order chi connectivity index (χ1) is 11.9. The van der Waals surface area contributed by atoms with Crippen LogP contribution in [0.4, 0.5) is 0 Å². The third kappa shape index (κ3) is 2.57. The maximum absolute atomic E-state index is 11.6. The third-order valence-corrected chi connectivity index (χ3v) is 8.07. The number of hydrogen-bond donors (Lipinski definition) is 3. The number of oxime groups is 1. The summed E-state index contributed by atoms with van der Waals surface area (Å²) in [4.78, 5) is 11.6. The van der Waals surface area contributed by atoms with E-state index < -0.39 is 11.2 Å². The number of Topliss-reactive ketones (excluding diaryl/α,β-unsaturated/α-hetero) is 1. The lowest BCUT2D eigenvalue weighted by Crippen LogP contribution is -2.55. The fraction of sp³-hybridized carbons (Fsp3) is 0.900. The molecule has 0 saturated heterocycles. The van der Waals surface area contributed by atoms with Gasteiger partial charge in [0.1, 0.15) is 5.78 Å². The maximum Gasteiger partial charge on any atom is 0.139 e. The van der Waals surface area contributed by atoms with Gasteiger partial charge in [-0.1, -0.05) is 5.16 Å². The molecule has 0 heterocycles. The van der Waals surface area contributed by atoms with Gasteiger partial charge in [-0.15, -0.1) is 0 Å². The maximum atomic E-state index is 11.6. The Kier molecular flexibility index (Phi) is 3.44. The van der Waals surface area contributed by atoms with Crippen molar-refractivity contribution in [3.05, 3.63) is 0 Å². The fourth-order valence-electron chi connectivity index (χ4n) is 7.59. The quantitative estimate of drug-likeness (QED) is 0.464. The van der Waals surface area contributed by atoms with Crippen molar-refractivity contribution in [2.24, 2.45) is 40.7 Å². The van der Waals surface area contributed by atoms with E-state index in [2.05, 4.69) is 5.16 Å². The summed E-state index contributed by atoms with van der Waals surface area (Å²) < 4.78 is 0. The minimum atomic E-state index is -0.440. The predicted molar refractivity (Wildman–Crippen MR) is 91.2 cm³/mol. The first-order valence-corrected chi connectivity index (χ1v) is 10.1. The van der Waals surface area contributed by atoms with E-state index in [-0.39, 0.29) is 11.8 Å². The average molecular weight is 347 g/mol. The molecule has 4 unspecified atom stereocenters. The SMILES string of the molecule is O=C1C2CC3CC1CC(O)(C3)C2.ON=C1C2CC3CC1CC(O)(C3)C2. The minimum Gasteiger partial charge on any atom is -0.411 e. The number of ketones is 1. The normalized spacial score (nSPS) is 54.5. The molecule has 8 aliphatic rings. The van der Waals surface area contributed by atoms with Crippen molar-refractivity contribution in [1.82, 2.24) is 0 Å². The van der Waals surface area contributed by atoms with Crippen molar-refractivity contribution < 1.29 is 20.2 Å².